The first-order valence-electron chi connectivity index (χ1n) is 8.41. The van der Waals surface area contributed by atoms with Gasteiger partial charge in [0, 0.05) is 17.0 Å². The summed E-state index contributed by atoms with van der Waals surface area (Å²) < 4.78 is 6.79. The monoisotopic (exact) mass is 424 g/mol. The van der Waals surface area contributed by atoms with Crippen molar-refractivity contribution < 1.29 is 14.0 Å². The summed E-state index contributed by atoms with van der Waals surface area (Å²) in [5, 5.41) is 0.433. The fourth-order valence-corrected chi connectivity index (χ4v) is 4.83. The maximum atomic E-state index is 12.7. The zero-order valence-electron chi connectivity index (χ0n) is 14.2. The minimum absolute atomic E-state index is 0.00897. The van der Waals surface area contributed by atoms with Gasteiger partial charge in [0.15, 0.2) is 11.6 Å². The van der Waals surface area contributed by atoms with E-state index in [9.17, 15) is 9.59 Å². The molecule has 0 fully saturated rings. The number of hydrogen-bond donors (Lipinski definition) is 0. The molecule has 0 spiro atoms. The van der Waals surface area contributed by atoms with Gasteiger partial charge in [-0.05, 0) is 23.8 Å². The molecule has 0 aliphatic heterocycles. The van der Waals surface area contributed by atoms with Gasteiger partial charge in [0.1, 0.15) is 11.3 Å². The molecule has 2 heterocycles. The van der Waals surface area contributed by atoms with E-state index in [1.807, 2.05) is 42.5 Å². The van der Waals surface area contributed by atoms with E-state index in [0.29, 0.717) is 11.3 Å². The molecule has 0 atom stereocenters. The van der Waals surface area contributed by atoms with Crippen LogP contribution >= 0.6 is 34.5 Å². The van der Waals surface area contributed by atoms with Crippen LogP contribution in [0.3, 0.4) is 0 Å². The highest BCUT2D eigenvalue weighted by Gasteiger charge is 2.37. The summed E-state index contributed by atoms with van der Waals surface area (Å²) >= 11 is 13.8. The minimum atomic E-state index is -0.433. The molecular weight excluding hydrogens is 415 g/mol. The van der Waals surface area contributed by atoms with Crippen LogP contribution in [0.2, 0.25) is 10.0 Å². The fraction of sp³-hybridized carbons (Fsp3) is 0. The van der Waals surface area contributed by atoms with Crippen molar-refractivity contribution in [2.24, 2.45) is 0 Å². The summed E-state index contributed by atoms with van der Waals surface area (Å²) in [6.07, 6.45) is 1.46. The lowest BCUT2D eigenvalue weighted by Crippen LogP contribution is -2.00. The summed E-state index contributed by atoms with van der Waals surface area (Å²) in [5.74, 6) is -0.424. The Kier molecular flexibility index (Phi) is 4.02. The van der Waals surface area contributed by atoms with Crippen LogP contribution in [0.5, 0.6) is 0 Å². The number of rotatable bonds is 2. The van der Waals surface area contributed by atoms with Gasteiger partial charge in [-0.1, -0.05) is 53.5 Å². The first-order valence-corrected chi connectivity index (χ1v) is 9.98. The Hall–Kier alpha value is -2.66. The quantitative estimate of drug-likeness (QED) is 0.258. The average Bonchev–Trinajstić information content (AvgIpc) is 3.32. The molecular formula is C22H10Cl2O3S. The second-order valence-corrected chi connectivity index (χ2v) is 8.25. The van der Waals surface area contributed by atoms with Crippen LogP contribution in [0.25, 0.3) is 26.8 Å². The van der Waals surface area contributed by atoms with Crippen LogP contribution in [0.4, 0.5) is 0 Å². The third-order valence-electron chi connectivity index (χ3n) is 4.62. The van der Waals surface area contributed by atoms with Crippen molar-refractivity contribution in [3.05, 3.63) is 87.1 Å². The highest BCUT2D eigenvalue weighted by atomic mass is 35.5. The predicted octanol–water partition coefficient (Wildman–Crippen LogP) is 6.93. The number of furan rings is 1. The van der Waals surface area contributed by atoms with Crippen molar-refractivity contribution in [1.82, 2.24) is 0 Å². The number of Topliss-reactive ketones (excluding diaryl/α,β-unsaturated/α-hetero) is 2. The van der Waals surface area contributed by atoms with Gasteiger partial charge in [-0.15, -0.1) is 11.3 Å². The zero-order valence-corrected chi connectivity index (χ0v) is 16.5. The van der Waals surface area contributed by atoms with E-state index < -0.39 is 11.6 Å². The molecule has 6 heteroatoms. The second-order valence-electron chi connectivity index (χ2n) is 6.35. The maximum absolute atomic E-state index is 12.7. The molecule has 1 aliphatic carbocycles. The lowest BCUT2D eigenvalue weighted by Gasteiger charge is -2.00. The molecule has 0 saturated carbocycles. The van der Waals surface area contributed by atoms with Gasteiger partial charge < -0.3 is 4.42 Å². The van der Waals surface area contributed by atoms with E-state index in [0.717, 1.165) is 15.1 Å². The van der Waals surface area contributed by atoms with Crippen LogP contribution in [0.1, 0.15) is 26.5 Å². The van der Waals surface area contributed by atoms with Crippen molar-refractivity contribution in [2.45, 2.75) is 0 Å². The Balaban J connectivity index is 1.55. The van der Waals surface area contributed by atoms with E-state index in [1.54, 1.807) is 11.3 Å². The summed E-state index contributed by atoms with van der Waals surface area (Å²) in [4.78, 5) is 26.5. The summed E-state index contributed by atoms with van der Waals surface area (Å²) in [6, 6.07) is 16.8. The van der Waals surface area contributed by atoms with Gasteiger partial charge >= 0.3 is 0 Å². The minimum Gasteiger partial charge on any atom is -0.456 e. The van der Waals surface area contributed by atoms with E-state index >= 15 is 0 Å². The molecule has 0 radical (unpaired) electrons. The number of carbonyl (C=O) groups excluding carboxylic acids is 2. The van der Waals surface area contributed by atoms with Crippen molar-refractivity contribution in [1.29, 1.82) is 0 Å². The molecule has 2 aromatic heterocycles. The largest absolute Gasteiger partial charge is 0.456 e. The summed E-state index contributed by atoms with van der Waals surface area (Å²) in [7, 11) is 0. The molecule has 2 aromatic carbocycles. The summed E-state index contributed by atoms with van der Waals surface area (Å²) in [5.41, 5.74) is 2.15. The van der Waals surface area contributed by atoms with Gasteiger partial charge in [0.25, 0.3) is 0 Å². The number of hydrogen-bond acceptors (Lipinski definition) is 4. The van der Waals surface area contributed by atoms with Crippen molar-refractivity contribution >= 4 is 62.5 Å². The fourth-order valence-electron chi connectivity index (χ4n) is 3.31. The second kappa shape index (κ2) is 6.45. The number of ketones is 2. The SMILES string of the molecule is O=C1C(=Cc2cc3sc(-c4ccccc4)cc3o2)C(=O)c2c(Cl)ccc(Cl)c21. The third-order valence-corrected chi connectivity index (χ3v) is 6.36. The average molecular weight is 425 g/mol. The topological polar surface area (TPSA) is 47.3 Å². The lowest BCUT2D eigenvalue weighted by molar-refractivity contribution is 0.0990. The predicted molar refractivity (Wildman–Crippen MR) is 113 cm³/mol. The van der Waals surface area contributed by atoms with E-state index in [-0.39, 0.29) is 26.7 Å². The molecule has 28 heavy (non-hydrogen) atoms. The van der Waals surface area contributed by atoms with Gasteiger partial charge in [-0.2, -0.15) is 0 Å². The zero-order chi connectivity index (χ0) is 19.4. The molecule has 0 bridgehead atoms. The van der Waals surface area contributed by atoms with Crippen molar-refractivity contribution in [2.75, 3.05) is 0 Å². The number of carbonyl (C=O) groups is 2. The molecule has 136 valence electrons. The maximum Gasteiger partial charge on any atom is 0.199 e. The first kappa shape index (κ1) is 17.4. The molecule has 5 rings (SSSR count). The summed E-state index contributed by atoms with van der Waals surface area (Å²) in [6.45, 7) is 0. The standard InChI is InChI=1S/C22H10Cl2O3S/c23-14-6-7-15(24)20-19(14)21(25)13(22(20)26)8-12-9-18-16(27-12)10-17(28-18)11-4-2-1-3-5-11/h1-10H. The number of halogens is 2. The molecule has 0 saturated heterocycles. The lowest BCUT2D eigenvalue weighted by atomic mass is 10.1. The highest BCUT2D eigenvalue weighted by Crippen LogP contribution is 2.39. The van der Waals surface area contributed by atoms with Crippen molar-refractivity contribution in [3.8, 4) is 10.4 Å². The molecule has 0 amide bonds. The van der Waals surface area contributed by atoms with E-state index in [2.05, 4.69) is 0 Å². The number of allylic oxidation sites excluding steroid dienone is 1. The smallest absolute Gasteiger partial charge is 0.199 e. The first-order chi connectivity index (χ1) is 13.5. The number of fused-ring (bicyclic) bond motifs is 2. The van der Waals surface area contributed by atoms with Crippen LogP contribution in [-0.4, -0.2) is 11.6 Å². The van der Waals surface area contributed by atoms with Crippen LogP contribution in [-0.2, 0) is 0 Å². The van der Waals surface area contributed by atoms with Crippen LogP contribution < -0.4 is 0 Å². The molecule has 3 nitrogen and oxygen atoms in total. The van der Waals surface area contributed by atoms with Gasteiger partial charge in [-0.3, -0.25) is 9.59 Å². The molecule has 4 aromatic rings. The highest BCUT2D eigenvalue weighted by molar-refractivity contribution is 7.22. The van der Waals surface area contributed by atoms with Gasteiger partial charge in [0.05, 0.1) is 31.4 Å². The van der Waals surface area contributed by atoms with E-state index in [1.165, 1.54) is 18.2 Å². The molecule has 0 unspecified atom stereocenters. The Morgan fingerprint density at radius 2 is 1.50 bits per heavy atom. The van der Waals surface area contributed by atoms with Crippen LogP contribution in [0.15, 0.2) is 64.6 Å². The Bertz CT molecular complexity index is 1240. The Morgan fingerprint density at radius 1 is 0.857 bits per heavy atom. The van der Waals surface area contributed by atoms with Gasteiger partial charge in [-0.25, -0.2) is 0 Å². The number of benzene rings is 2. The van der Waals surface area contributed by atoms with E-state index in [4.69, 9.17) is 27.6 Å². The molecule has 0 N–H and O–H groups in total. The number of thiophene rings is 1. The Labute approximate surface area is 173 Å². The van der Waals surface area contributed by atoms with Gasteiger partial charge in [0.2, 0.25) is 0 Å². The Morgan fingerprint density at radius 3 is 2.11 bits per heavy atom. The third kappa shape index (κ3) is 2.65. The molecule has 1 aliphatic rings. The normalized spacial score (nSPS) is 13.4. The van der Waals surface area contributed by atoms with Crippen LogP contribution in [0, 0.1) is 0 Å². The van der Waals surface area contributed by atoms with Crippen molar-refractivity contribution in [3.63, 3.8) is 0 Å².